The van der Waals surface area contributed by atoms with Gasteiger partial charge in [0.25, 0.3) is 0 Å². The van der Waals surface area contributed by atoms with Gasteiger partial charge in [-0.1, -0.05) is 0 Å². The highest BCUT2D eigenvalue weighted by Crippen LogP contribution is 2.44. The molecule has 0 spiro atoms. The predicted molar refractivity (Wildman–Crippen MR) is 51.4 cm³/mol. The van der Waals surface area contributed by atoms with E-state index in [0.29, 0.717) is 6.01 Å². The molecule has 0 aliphatic heterocycles. The molecule has 1 fully saturated rings. The van der Waals surface area contributed by atoms with Gasteiger partial charge in [0, 0.05) is 6.20 Å². The van der Waals surface area contributed by atoms with Gasteiger partial charge in [0.2, 0.25) is 0 Å². The molecule has 2 rings (SSSR count). The van der Waals surface area contributed by atoms with Crippen LogP contribution in [0.1, 0.15) is 18.5 Å². The lowest BCUT2D eigenvalue weighted by Gasteiger charge is -2.10. The Morgan fingerprint density at radius 3 is 2.85 bits per heavy atom. The number of methoxy groups -OCH3 is 1. The first-order chi connectivity index (χ1) is 6.15. The van der Waals surface area contributed by atoms with E-state index < -0.39 is 0 Å². The molecule has 1 aliphatic carbocycles. The van der Waals surface area contributed by atoms with E-state index in [1.165, 1.54) is 0 Å². The van der Waals surface area contributed by atoms with Crippen LogP contribution >= 0.6 is 15.9 Å². The molecule has 0 amide bonds. The summed E-state index contributed by atoms with van der Waals surface area (Å²) in [6, 6.07) is 0.370. The third-order valence-corrected chi connectivity index (χ3v) is 2.75. The number of nitrogens with two attached hydrogens (primary N) is 1. The van der Waals surface area contributed by atoms with E-state index in [1.807, 2.05) is 0 Å². The van der Waals surface area contributed by atoms with Crippen molar-refractivity contribution in [3.8, 4) is 6.01 Å². The molecular weight excluding hydrogens is 234 g/mol. The van der Waals surface area contributed by atoms with Crippen LogP contribution < -0.4 is 10.5 Å². The molecule has 5 heteroatoms. The van der Waals surface area contributed by atoms with Gasteiger partial charge in [0.15, 0.2) is 0 Å². The Morgan fingerprint density at radius 2 is 2.31 bits per heavy atom. The van der Waals surface area contributed by atoms with Gasteiger partial charge in [-0.3, -0.25) is 0 Å². The minimum absolute atomic E-state index is 0.255. The highest BCUT2D eigenvalue weighted by molar-refractivity contribution is 9.10. The smallest absolute Gasteiger partial charge is 0.316 e. The van der Waals surface area contributed by atoms with E-state index in [2.05, 4.69) is 25.9 Å². The third-order valence-electron chi connectivity index (χ3n) is 2.16. The van der Waals surface area contributed by atoms with E-state index in [4.69, 9.17) is 10.5 Å². The Hall–Kier alpha value is -0.680. The highest BCUT2D eigenvalue weighted by Gasteiger charge is 2.43. The lowest BCUT2D eigenvalue weighted by atomic mass is 10.2. The standard InChI is InChI=1S/C8H10BrN3O/c1-13-7-11-4-5(9)6(12-7)8(10)2-3-8/h4H,2-3,10H2,1H3. The monoisotopic (exact) mass is 243 g/mol. The topological polar surface area (TPSA) is 61.0 Å². The molecule has 2 N–H and O–H groups in total. The second kappa shape index (κ2) is 2.92. The fourth-order valence-corrected chi connectivity index (χ4v) is 1.76. The summed E-state index contributed by atoms with van der Waals surface area (Å²) in [5.41, 5.74) is 6.61. The quantitative estimate of drug-likeness (QED) is 0.848. The Bertz CT molecular complexity index is 338. The van der Waals surface area contributed by atoms with E-state index in [0.717, 1.165) is 23.0 Å². The Labute approximate surface area is 84.6 Å². The molecule has 0 unspecified atom stereocenters. The minimum atomic E-state index is -0.255. The van der Waals surface area contributed by atoms with Crippen LogP contribution in [0.15, 0.2) is 10.7 Å². The van der Waals surface area contributed by atoms with Gasteiger partial charge in [-0.05, 0) is 28.8 Å². The summed E-state index contributed by atoms with van der Waals surface area (Å²) < 4.78 is 5.79. The number of hydrogen-bond acceptors (Lipinski definition) is 4. The molecule has 1 aromatic heterocycles. The van der Waals surface area contributed by atoms with Crippen LogP contribution in [0, 0.1) is 0 Å². The van der Waals surface area contributed by atoms with Crippen LogP contribution in [0.2, 0.25) is 0 Å². The summed E-state index contributed by atoms with van der Waals surface area (Å²) in [6.07, 6.45) is 3.63. The second-order valence-electron chi connectivity index (χ2n) is 3.21. The summed E-state index contributed by atoms with van der Waals surface area (Å²) in [6.45, 7) is 0. The van der Waals surface area contributed by atoms with Crippen LogP contribution in [0.3, 0.4) is 0 Å². The predicted octanol–water partition coefficient (Wildman–Crippen LogP) is 1.20. The molecule has 13 heavy (non-hydrogen) atoms. The molecular formula is C8H10BrN3O. The molecule has 1 saturated carbocycles. The molecule has 1 aromatic rings. The average Bonchev–Trinajstić information content (AvgIpc) is 2.86. The fraction of sp³-hybridized carbons (Fsp3) is 0.500. The van der Waals surface area contributed by atoms with Gasteiger partial charge >= 0.3 is 6.01 Å². The van der Waals surface area contributed by atoms with Crippen LogP contribution in [0.25, 0.3) is 0 Å². The van der Waals surface area contributed by atoms with Gasteiger partial charge in [0.1, 0.15) is 0 Å². The molecule has 1 aliphatic rings. The fourth-order valence-electron chi connectivity index (χ4n) is 1.17. The summed E-state index contributed by atoms with van der Waals surface area (Å²) in [4.78, 5) is 8.18. The van der Waals surface area contributed by atoms with Crippen molar-refractivity contribution in [1.82, 2.24) is 9.97 Å². The minimum Gasteiger partial charge on any atom is -0.467 e. The first-order valence-electron chi connectivity index (χ1n) is 4.01. The van der Waals surface area contributed by atoms with Crippen molar-refractivity contribution in [3.63, 3.8) is 0 Å². The zero-order valence-electron chi connectivity index (χ0n) is 7.25. The molecule has 0 aromatic carbocycles. The maximum atomic E-state index is 6.02. The summed E-state index contributed by atoms with van der Waals surface area (Å²) >= 11 is 3.37. The molecule has 0 bridgehead atoms. The summed E-state index contributed by atoms with van der Waals surface area (Å²) in [7, 11) is 1.54. The van der Waals surface area contributed by atoms with Crippen LogP contribution in [-0.2, 0) is 5.54 Å². The van der Waals surface area contributed by atoms with Gasteiger partial charge in [-0.15, -0.1) is 0 Å². The SMILES string of the molecule is COc1ncc(Br)c(C2(N)CC2)n1. The van der Waals surface area contributed by atoms with Crippen molar-refractivity contribution >= 4 is 15.9 Å². The first kappa shape index (κ1) is 8.90. The van der Waals surface area contributed by atoms with E-state index >= 15 is 0 Å². The average molecular weight is 244 g/mol. The molecule has 1 heterocycles. The third kappa shape index (κ3) is 1.53. The van der Waals surface area contributed by atoms with Crippen molar-refractivity contribution < 1.29 is 4.74 Å². The van der Waals surface area contributed by atoms with Gasteiger partial charge in [-0.2, -0.15) is 4.98 Å². The molecule has 70 valence electrons. The largest absolute Gasteiger partial charge is 0.467 e. The van der Waals surface area contributed by atoms with Crippen molar-refractivity contribution in [3.05, 3.63) is 16.4 Å². The van der Waals surface area contributed by atoms with Crippen LogP contribution in [0.5, 0.6) is 6.01 Å². The molecule has 0 atom stereocenters. The summed E-state index contributed by atoms with van der Waals surface area (Å²) in [5.74, 6) is 0. The molecule has 0 radical (unpaired) electrons. The lowest BCUT2D eigenvalue weighted by molar-refractivity contribution is 0.375. The number of hydrogen-bond donors (Lipinski definition) is 1. The highest BCUT2D eigenvalue weighted by atomic mass is 79.9. The van der Waals surface area contributed by atoms with E-state index in [-0.39, 0.29) is 5.54 Å². The second-order valence-corrected chi connectivity index (χ2v) is 4.06. The van der Waals surface area contributed by atoms with Crippen molar-refractivity contribution in [2.24, 2.45) is 5.73 Å². The number of nitrogens with zero attached hydrogens (tertiary/aromatic N) is 2. The van der Waals surface area contributed by atoms with E-state index in [1.54, 1.807) is 13.3 Å². The zero-order chi connectivity index (χ0) is 9.47. The van der Waals surface area contributed by atoms with Crippen molar-refractivity contribution in [2.45, 2.75) is 18.4 Å². The van der Waals surface area contributed by atoms with Crippen LogP contribution in [0.4, 0.5) is 0 Å². The number of aromatic nitrogens is 2. The van der Waals surface area contributed by atoms with Gasteiger partial charge < -0.3 is 10.5 Å². The van der Waals surface area contributed by atoms with Gasteiger partial charge in [-0.25, -0.2) is 4.98 Å². The number of halogens is 1. The van der Waals surface area contributed by atoms with Crippen LogP contribution in [-0.4, -0.2) is 17.1 Å². The Morgan fingerprint density at radius 1 is 1.62 bits per heavy atom. The summed E-state index contributed by atoms with van der Waals surface area (Å²) in [5, 5.41) is 0. The molecule has 4 nitrogen and oxygen atoms in total. The van der Waals surface area contributed by atoms with Crippen molar-refractivity contribution in [1.29, 1.82) is 0 Å². The normalized spacial score (nSPS) is 18.4. The zero-order valence-corrected chi connectivity index (χ0v) is 8.84. The van der Waals surface area contributed by atoms with Gasteiger partial charge in [0.05, 0.1) is 22.8 Å². The van der Waals surface area contributed by atoms with Crippen molar-refractivity contribution in [2.75, 3.05) is 7.11 Å². The Kier molecular flexibility index (Phi) is 2.00. The maximum Gasteiger partial charge on any atom is 0.316 e. The van der Waals surface area contributed by atoms with E-state index in [9.17, 15) is 0 Å². The molecule has 0 saturated heterocycles. The number of rotatable bonds is 2. The Balaban J connectivity index is 2.43. The lowest BCUT2D eigenvalue weighted by Crippen LogP contribution is -2.21. The first-order valence-corrected chi connectivity index (χ1v) is 4.81. The maximum absolute atomic E-state index is 6.02. The number of ether oxygens (including phenoxy) is 1.